The molecule has 3 nitrogen and oxygen atoms in total. The number of hydrogen-bond donors (Lipinski definition) is 0. The number of hydrogen-bond acceptors (Lipinski definition) is 3. The van der Waals surface area contributed by atoms with Crippen LogP contribution in [0.5, 0.6) is 5.88 Å². The Morgan fingerprint density at radius 3 is 2.92 bits per heavy atom. The van der Waals surface area contributed by atoms with Crippen LogP contribution in [0, 0.1) is 0 Å². The highest BCUT2D eigenvalue weighted by atomic mass is 16.5. The molecule has 1 heterocycles. The molecule has 0 atom stereocenters. The average molecular weight is 167 g/mol. The van der Waals surface area contributed by atoms with E-state index in [4.69, 9.17) is 9.47 Å². The summed E-state index contributed by atoms with van der Waals surface area (Å²) >= 11 is 0. The molecule has 0 aliphatic heterocycles. The van der Waals surface area contributed by atoms with Crippen LogP contribution in [0.15, 0.2) is 18.2 Å². The van der Waals surface area contributed by atoms with Crippen molar-refractivity contribution in [1.82, 2.24) is 4.98 Å². The van der Waals surface area contributed by atoms with Gasteiger partial charge in [0.05, 0.1) is 18.9 Å². The molecule has 0 saturated heterocycles. The zero-order chi connectivity index (χ0) is 8.81. The van der Waals surface area contributed by atoms with Gasteiger partial charge in [-0.25, -0.2) is 4.98 Å². The van der Waals surface area contributed by atoms with Gasteiger partial charge < -0.3 is 9.47 Å². The minimum atomic E-state index is 0.529. The summed E-state index contributed by atoms with van der Waals surface area (Å²) in [6.45, 7) is 3.11. The fourth-order valence-corrected chi connectivity index (χ4v) is 0.914. The maximum atomic E-state index is 5.23. The molecule has 0 spiro atoms. The number of methoxy groups -OCH3 is 1. The topological polar surface area (TPSA) is 31.4 Å². The monoisotopic (exact) mass is 167 g/mol. The van der Waals surface area contributed by atoms with Gasteiger partial charge in [0.2, 0.25) is 5.88 Å². The van der Waals surface area contributed by atoms with E-state index in [0.29, 0.717) is 19.1 Å². The standard InChI is InChI=1S/C9H13NO2/c1-3-12-9-6-4-5-8(10-9)7-11-2/h4-6H,3,7H2,1-2H3. The first-order valence-electron chi connectivity index (χ1n) is 3.94. The molecular weight excluding hydrogens is 154 g/mol. The van der Waals surface area contributed by atoms with E-state index in [9.17, 15) is 0 Å². The Hall–Kier alpha value is -1.09. The zero-order valence-corrected chi connectivity index (χ0v) is 7.41. The second-order valence-corrected chi connectivity index (χ2v) is 2.33. The Labute approximate surface area is 72.3 Å². The molecule has 3 heteroatoms. The van der Waals surface area contributed by atoms with Crippen molar-refractivity contribution in [2.24, 2.45) is 0 Å². The Kier molecular flexibility index (Phi) is 3.54. The van der Waals surface area contributed by atoms with Gasteiger partial charge in [0, 0.05) is 13.2 Å². The van der Waals surface area contributed by atoms with Crippen LogP contribution >= 0.6 is 0 Å². The molecule has 1 aromatic rings. The van der Waals surface area contributed by atoms with Crippen molar-refractivity contribution < 1.29 is 9.47 Å². The summed E-state index contributed by atoms with van der Waals surface area (Å²) in [4.78, 5) is 4.20. The van der Waals surface area contributed by atoms with Gasteiger partial charge in [-0.2, -0.15) is 0 Å². The Bertz CT molecular complexity index is 216. The fourth-order valence-electron chi connectivity index (χ4n) is 0.914. The summed E-state index contributed by atoms with van der Waals surface area (Å²) in [6.07, 6.45) is 0. The Morgan fingerprint density at radius 1 is 1.42 bits per heavy atom. The lowest BCUT2D eigenvalue weighted by Crippen LogP contribution is -1.97. The SMILES string of the molecule is CCOc1cccc(COC)n1. The molecule has 0 fully saturated rings. The summed E-state index contributed by atoms with van der Waals surface area (Å²) in [6, 6.07) is 5.65. The van der Waals surface area contributed by atoms with Crippen molar-refractivity contribution >= 4 is 0 Å². The fraction of sp³-hybridized carbons (Fsp3) is 0.444. The molecule has 0 aliphatic rings. The van der Waals surface area contributed by atoms with Crippen LogP contribution in [0.2, 0.25) is 0 Å². The molecule has 12 heavy (non-hydrogen) atoms. The second-order valence-electron chi connectivity index (χ2n) is 2.33. The van der Waals surface area contributed by atoms with Crippen LogP contribution in [-0.2, 0) is 11.3 Å². The van der Waals surface area contributed by atoms with Gasteiger partial charge in [0.15, 0.2) is 0 Å². The molecule has 0 bridgehead atoms. The van der Waals surface area contributed by atoms with Crippen molar-refractivity contribution in [1.29, 1.82) is 0 Å². The lowest BCUT2D eigenvalue weighted by molar-refractivity contribution is 0.180. The Balaban J connectivity index is 2.67. The van der Waals surface area contributed by atoms with E-state index >= 15 is 0 Å². The molecule has 0 amide bonds. The minimum absolute atomic E-state index is 0.529. The van der Waals surface area contributed by atoms with Crippen LogP contribution < -0.4 is 4.74 Å². The van der Waals surface area contributed by atoms with Gasteiger partial charge in [0.25, 0.3) is 0 Å². The maximum Gasteiger partial charge on any atom is 0.213 e. The van der Waals surface area contributed by atoms with Gasteiger partial charge in [-0.15, -0.1) is 0 Å². The number of rotatable bonds is 4. The van der Waals surface area contributed by atoms with Gasteiger partial charge in [-0.1, -0.05) is 6.07 Å². The largest absolute Gasteiger partial charge is 0.478 e. The number of aromatic nitrogens is 1. The third-order valence-electron chi connectivity index (χ3n) is 1.37. The number of nitrogens with zero attached hydrogens (tertiary/aromatic N) is 1. The lowest BCUT2D eigenvalue weighted by Gasteiger charge is -2.03. The molecule has 66 valence electrons. The summed E-state index contributed by atoms with van der Waals surface area (Å²) in [5, 5.41) is 0. The highest BCUT2D eigenvalue weighted by molar-refractivity contribution is 5.15. The minimum Gasteiger partial charge on any atom is -0.478 e. The highest BCUT2D eigenvalue weighted by Gasteiger charge is 1.96. The quantitative estimate of drug-likeness (QED) is 0.683. The zero-order valence-electron chi connectivity index (χ0n) is 7.41. The lowest BCUT2D eigenvalue weighted by atomic mass is 10.4. The maximum absolute atomic E-state index is 5.23. The molecule has 0 aliphatic carbocycles. The molecule has 0 aromatic carbocycles. The predicted octanol–water partition coefficient (Wildman–Crippen LogP) is 1.63. The predicted molar refractivity (Wildman–Crippen MR) is 46.1 cm³/mol. The van der Waals surface area contributed by atoms with E-state index in [1.54, 1.807) is 7.11 Å². The van der Waals surface area contributed by atoms with Crippen LogP contribution in [-0.4, -0.2) is 18.7 Å². The second kappa shape index (κ2) is 4.72. The number of ether oxygens (including phenoxy) is 2. The molecule has 0 N–H and O–H groups in total. The van der Waals surface area contributed by atoms with Crippen molar-refractivity contribution in [3.05, 3.63) is 23.9 Å². The first-order chi connectivity index (χ1) is 5.86. The molecule has 0 unspecified atom stereocenters. The first kappa shape index (κ1) is 9.00. The van der Waals surface area contributed by atoms with Crippen molar-refractivity contribution in [3.8, 4) is 5.88 Å². The van der Waals surface area contributed by atoms with E-state index in [0.717, 1.165) is 5.69 Å². The smallest absolute Gasteiger partial charge is 0.213 e. The summed E-state index contributed by atoms with van der Waals surface area (Å²) in [5.74, 6) is 0.659. The third-order valence-corrected chi connectivity index (χ3v) is 1.37. The van der Waals surface area contributed by atoms with E-state index in [2.05, 4.69) is 4.98 Å². The third kappa shape index (κ3) is 2.51. The van der Waals surface area contributed by atoms with E-state index < -0.39 is 0 Å². The van der Waals surface area contributed by atoms with Crippen molar-refractivity contribution in [3.63, 3.8) is 0 Å². The molecule has 0 saturated carbocycles. The Morgan fingerprint density at radius 2 is 2.25 bits per heavy atom. The van der Waals surface area contributed by atoms with Gasteiger partial charge in [-0.05, 0) is 13.0 Å². The van der Waals surface area contributed by atoms with E-state index in [1.807, 2.05) is 25.1 Å². The molecule has 1 rings (SSSR count). The van der Waals surface area contributed by atoms with Crippen LogP contribution in [0.1, 0.15) is 12.6 Å². The van der Waals surface area contributed by atoms with E-state index in [1.165, 1.54) is 0 Å². The number of pyridine rings is 1. The molecular formula is C9H13NO2. The summed E-state index contributed by atoms with van der Waals surface area (Å²) < 4.78 is 10.2. The molecule has 1 aromatic heterocycles. The highest BCUT2D eigenvalue weighted by Crippen LogP contribution is 2.07. The van der Waals surface area contributed by atoms with Gasteiger partial charge in [0.1, 0.15) is 0 Å². The van der Waals surface area contributed by atoms with Crippen molar-refractivity contribution in [2.75, 3.05) is 13.7 Å². The average Bonchev–Trinajstić information content (AvgIpc) is 2.06. The van der Waals surface area contributed by atoms with E-state index in [-0.39, 0.29) is 0 Å². The van der Waals surface area contributed by atoms with Gasteiger partial charge in [-0.3, -0.25) is 0 Å². The van der Waals surface area contributed by atoms with Crippen LogP contribution in [0.4, 0.5) is 0 Å². The van der Waals surface area contributed by atoms with Gasteiger partial charge >= 0.3 is 0 Å². The normalized spacial score (nSPS) is 9.83. The van der Waals surface area contributed by atoms with Crippen LogP contribution in [0.3, 0.4) is 0 Å². The first-order valence-corrected chi connectivity index (χ1v) is 3.94. The summed E-state index contributed by atoms with van der Waals surface area (Å²) in [7, 11) is 1.65. The van der Waals surface area contributed by atoms with Crippen molar-refractivity contribution in [2.45, 2.75) is 13.5 Å². The molecule has 0 radical (unpaired) electrons. The van der Waals surface area contributed by atoms with Crippen LogP contribution in [0.25, 0.3) is 0 Å². The summed E-state index contributed by atoms with van der Waals surface area (Å²) in [5.41, 5.74) is 0.892.